The van der Waals surface area contributed by atoms with Crippen LogP contribution in [-0.2, 0) is 10.0 Å². The summed E-state index contributed by atoms with van der Waals surface area (Å²) >= 11 is 1.16. The summed E-state index contributed by atoms with van der Waals surface area (Å²) < 4.78 is 27.2. The molecule has 0 radical (unpaired) electrons. The van der Waals surface area contributed by atoms with Crippen LogP contribution in [0, 0.1) is 6.92 Å². The van der Waals surface area contributed by atoms with E-state index < -0.39 is 15.9 Å². The summed E-state index contributed by atoms with van der Waals surface area (Å²) in [5.74, 6) is -0.823. The summed E-state index contributed by atoms with van der Waals surface area (Å²) in [5.41, 5.74) is 0.735. The van der Waals surface area contributed by atoms with E-state index in [0.29, 0.717) is 0 Å². The lowest BCUT2D eigenvalue weighted by atomic mass is 10.1. The maximum Gasteiger partial charge on any atom is 0.271 e. The number of aryl methyl sites for hydroxylation is 1. The van der Waals surface area contributed by atoms with Crippen molar-refractivity contribution < 1.29 is 18.0 Å². The van der Waals surface area contributed by atoms with Crippen LogP contribution in [0.3, 0.4) is 0 Å². The summed E-state index contributed by atoms with van der Waals surface area (Å²) in [7, 11) is -2.30. The summed E-state index contributed by atoms with van der Waals surface area (Å²) in [4.78, 5) is 25.6. The molecule has 22 heavy (non-hydrogen) atoms. The van der Waals surface area contributed by atoms with Crippen molar-refractivity contribution >= 4 is 38.9 Å². The largest absolute Gasteiger partial charge is 0.279 e. The first-order valence-corrected chi connectivity index (χ1v) is 8.65. The van der Waals surface area contributed by atoms with E-state index in [4.69, 9.17) is 0 Å². The van der Waals surface area contributed by atoms with Crippen molar-refractivity contribution in [1.82, 2.24) is 4.90 Å². The van der Waals surface area contributed by atoms with Crippen LogP contribution in [0.1, 0.15) is 25.6 Å². The van der Waals surface area contributed by atoms with E-state index in [9.17, 15) is 18.0 Å². The van der Waals surface area contributed by atoms with Gasteiger partial charge in [-0.05, 0) is 37.3 Å². The Balaban J connectivity index is 1.95. The van der Waals surface area contributed by atoms with Gasteiger partial charge in [-0.1, -0.05) is 0 Å². The van der Waals surface area contributed by atoms with Gasteiger partial charge in [0.25, 0.3) is 21.8 Å². The fourth-order valence-corrected chi connectivity index (χ4v) is 4.52. The molecular weight excluding hydrogens is 324 g/mol. The normalized spacial score (nSPS) is 14.4. The zero-order valence-corrected chi connectivity index (χ0v) is 13.4. The van der Waals surface area contributed by atoms with Crippen LogP contribution < -0.4 is 4.72 Å². The molecule has 2 heterocycles. The quantitative estimate of drug-likeness (QED) is 0.870. The molecule has 0 spiro atoms. The molecule has 0 aliphatic carbocycles. The summed E-state index contributed by atoms with van der Waals surface area (Å²) in [6.07, 6.45) is 0. The van der Waals surface area contributed by atoms with E-state index in [1.165, 1.54) is 31.3 Å². The Morgan fingerprint density at radius 2 is 1.73 bits per heavy atom. The Hall–Kier alpha value is -2.19. The number of fused-ring (bicyclic) bond motifs is 1. The number of carbonyl (C=O) groups is 2. The first-order chi connectivity index (χ1) is 10.3. The number of anilines is 1. The van der Waals surface area contributed by atoms with Crippen LogP contribution in [0.15, 0.2) is 34.5 Å². The molecule has 2 aromatic rings. The van der Waals surface area contributed by atoms with Crippen LogP contribution >= 0.6 is 11.3 Å². The number of imide groups is 1. The third-order valence-corrected chi connectivity index (χ3v) is 6.20. The lowest BCUT2D eigenvalue weighted by Crippen LogP contribution is -2.24. The monoisotopic (exact) mass is 336 g/mol. The maximum atomic E-state index is 12.3. The van der Waals surface area contributed by atoms with E-state index in [1.807, 2.05) is 6.92 Å². The Kier molecular flexibility index (Phi) is 3.30. The molecule has 0 saturated carbocycles. The number of nitrogens with one attached hydrogen (secondary N) is 1. The molecule has 1 N–H and O–H groups in total. The van der Waals surface area contributed by atoms with E-state index in [1.54, 1.807) is 6.07 Å². The number of rotatable bonds is 3. The van der Waals surface area contributed by atoms with Gasteiger partial charge in [0.05, 0.1) is 11.1 Å². The standard InChI is InChI=1S/C14H12N2O4S2/c1-8-3-6-12(21-8)22(19,20)15-9-4-5-10-11(7-9)14(18)16(2)13(10)17/h3-7,15H,1-2H3. The second kappa shape index (κ2) is 4.92. The van der Waals surface area contributed by atoms with Gasteiger partial charge in [0.1, 0.15) is 4.21 Å². The lowest BCUT2D eigenvalue weighted by Gasteiger charge is -2.07. The highest BCUT2D eigenvalue weighted by atomic mass is 32.2. The summed E-state index contributed by atoms with van der Waals surface area (Å²) in [6.45, 7) is 1.82. The highest BCUT2D eigenvalue weighted by molar-refractivity contribution is 7.94. The Bertz CT molecular complexity index is 899. The molecule has 0 unspecified atom stereocenters. The van der Waals surface area contributed by atoms with Crippen LogP contribution in [0.2, 0.25) is 0 Å². The molecule has 1 aromatic heterocycles. The van der Waals surface area contributed by atoms with E-state index in [-0.39, 0.29) is 26.9 Å². The van der Waals surface area contributed by atoms with Gasteiger partial charge >= 0.3 is 0 Å². The van der Waals surface area contributed by atoms with Gasteiger partial charge in [-0.25, -0.2) is 8.42 Å². The first kappa shape index (κ1) is 14.7. The second-order valence-electron chi connectivity index (χ2n) is 4.90. The van der Waals surface area contributed by atoms with Gasteiger partial charge in [-0.3, -0.25) is 19.2 Å². The molecule has 114 valence electrons. The number of benzene rings is 1. The number of sulfonamides is 1. The predicted octanol–water partition coefficient (Wildman–Crippen LogP) is 2.08. The number of amides is 2. The van der Waals surface area contributed by atoms with Crippen molar-refractivity contribution in [2.45, 2.75) is 11.1 Å². The smallest absolute Gasteiger partial charge is 0.271 e. The predicted molar refractivity (Wildman–Crippen MR) is 82.7 cm³/mol. The minimum absolute atomic E-state index is 0.199. The zero-order chi connectivity index (χ0) is 16.1. The molecule has 3 rings (SSSR count). The van der Waals surface area contributed by atoms with Crippen LogP contribution in [0.4, 0.5) is 5.69 Å². The van der Waals surface area contributed by atoms with Gasteiger partial charge in [-0.15, -0.1) is 11.3 Å². The molecule has 0 bridgehead atoms. The highest BCUT2D eigenvalue weighted by Crippen LogP contribution is 2.27. The number of hydrogen-bond acceptors (Lipinski definition) is 5. The summed E-state index contributed by atoms with van der Waals surface area (Å²) in [6, 6.07) is 7.56. The Labute approximate surface area is 131 Å². The van der Waals surface area contributed by atoms with Crippen molar-refractivity contribution in [3.05, 3.63) is 46.3 Å². The van der Waals surface area contributed by atoms with Crippen molar-refractivity contribution in [3.8, 4) is 0 Å². The molecule has 0 fully saturated rings. The number of nitrogens with zero attached hydrogens (tertiary/aromatic N) is 1. The average molecular weight is 336 g/mol. The van der Waals surface area contributed by atoms with Gasteiger partial charge < -0.3 is 0 Å². The fraction of sp³-hybridized carbons (Fsp3) is 0.143. The van der Waals surface area contributed by atoms with Gasteiger partial charge in [0.15, 0.2) is 0 Å². The molecule has 1 aromatic carbocycles. The average Bonchev–Trinajstić information content (AvgIpc) is 2.99. The second-order valence-corrected chi connectivity index (χ2v) is 8.10. The number of hydrogen-bond donors (Lipinski definition) is 1. The van der Waals surface area contributed by atoms with E-state index in [0.717, 1.165) is 21.1 Å². The van der Waals surface area contributed by atoms with Crippen molar-refractivity contribution in [2.75, 3.05) is 11.8 Å². The molecule has 0 atom stereocenters. The minimum atomic E-state index is -3.70. The highest BCUT2D eigenvalue weighted by Gasteiger charge is 2.33. The molecule has 1 aliphatic rings. The number of thiophene rings is 1. The zero-order valence-electron chi connectivity index (χ0n) is 11.8. The van der Waals surface area contributed by atoms with Crippen LogP contribution in [0.5, 0.6) is 0 Å². The fourth-order valence-electron chi connectivity index (χ4n) is 2.19. The topological polar surface area (TPSA) is 83.6 Å². The Morgan fingerprint density at radius 1 is 1.05 bits per heavy atom. The SMILES string of the molecule is Cc1ccc(S(=O)(=O)Nc2ccc3c(c2)C(=O)N(C)C3=O)s1. The molecule has 0 saturated heterocycles. The third kappa shape index (κ3) is 2.30. The first-order valence-electron chi connectivity index (χ1n) is 6.35. The van der Waals surface area contributed by atoms with Crippen LogP contribution in [0.25, 0.3) is 0 Å². The number of carbonyl (C=O) groups excluding carboxylic acids is 2. The van der Waals surface area contributed by atoms with E-state index in [2.05, 4.69) is 4.72 Å². The molecule has 6 nitrogen and oxygen atoms in total. The minimum Gasteiger partial charge on any atom is -0.279 e. The van der Waals surface area contributed by atoms with Crippen molar-refractivity contribution in [3.63, 3.8) is 0 Å². The van der Waals surface area contributed by atoms with Gasteiger partial charge in [-0.2, -0.15) is 0 Å². The molecule has 1 aliphatic heterocycles. The van der Waals surface area contributed by atoms with Crippen molar-refractivity contribution in [2.24, 2.45) is 0 Å². The van der Waals surface area contributed by atoms with Gasteiger partial charge in [0, 0.05) is 17.6 Å². The summed E-state index contributed by atoms with van der Waals surface area (Å²) in [5, 5.41) is 0. The third-order valence-electron chi connectivity index (χ3n) is 3.32. The van der Waals surface area contributed by atoms with E-state index >= 15 is 0 Å². The molecule has 2 amide bonds. The van der Waals surface area contributed by atoms with Crippen LogP contribution in [-0.4, -0.2) is 32.2 Å². The molecular formula is C14H12N2O4S2. The lowest BCUT2D eigenvalue weighted by molar-refractivity contribution is 0.0693. The van der Waals surface area contributed by atoms with Crippen molar-refractivity contribution in [1.29, 1.82) is 0 Å². The Morgan fingerprint density at radius 3 is 2.36 bits per heavy atom. The molecule has 8 heteroatoms. The maximum absolute atomic E-state index is 12.3. The van der Waals surface area contributed by atoms with Gasteiger partial charge in [0.2, 0.25) is 0 Å².